The van der Waals surface area contributed by atoms with Gasteiger partial charge in [0.15, 0.2) is 5.82 Å². The molecule has 1 aromatic rings. The number of aryl methyl sites for hydroxylation is 1. The summed E-state index contributed by atoms with van der Waals surface area (Å²) < 4.78 is 38.0. The molecule has 0 radical (unpaired) electrons. The smallest absolute Gasteiger partial charge is 0.330 e. The van der Waals surface area contributed by atoms with Gasteiger partial charge in [-0.2, -0.15) is 18.3 Å². The molecule has 0 spiro atoms. The molecule has 1 N–H and O–H groups in total. The first kappa shape index (κ1) is 12.8. The number of aromatic nitrogens is 3. The van der Waals surface area contributed by atoms with Gasteiger partial charge in [-0.15, -0.1) is 0 Å². The number of H-pyrrole nitrogens is 1. The molecule has 5 nitrogen and oxygen atoms in total. The Morgan fingerprint density at radius 1 is 1.56 bits per heavy atom. The van der Waals surface area contributed by atoms with Crippen LogP contribution in [0.3, 0.4) is 0 Å². The highest BCUT2D eigenvalue weighted by molar-refractivity contribution is 5.78. The number of halogens is 3. The molecule has 0 bridgehead atoms. The van der Waals surface area contributed by atoms with Crippen molar-refractivity contribution in [2.45, 2.75) is 38.4 Å². The zero-order valence-corrected chi connectivity index (χ0v) is 9.79. The Morgan fingerprint density at radius 2 is 2.28 bits per heavy atom. The van der Waals surface area contributed by atoms with Crippen LogP contribution in [0.4, 0.5) is 13.2 Å². The highest BCUT2D eigenvalue weighted by Crippen LogP contribution is 2.32. The van der Waals surface area contributed by atoms with Crippen LogP contribution >= 0.6 is 0 Å². The average molecular weight is 262 g/mol. The van der Waals surface area contributed by atoms with E-state index in [1.807, 2.05) is 0 Å². The third-order valence-corrected chi connectivity index (χ3v) is 2.90. The maximum atomic E-state index is 12.7. The molecule has 2 heterocycles. The topological polar surface area (TPSA) is 61.9 Å². The largest absolute Gasteiger partial charge is 0.408 e. The predicted molar refractivity (Wildman–Crippen MR) is 55.6 cm³/mol. The first-order chi connectivity index (χ1) is 8.38. The van der Waals surface area contributed by atoms with Crippen molar-refractivity contribution < 1.29 is 18.0 Å². The zero-order valence-electron chi connectivity index (χ0n) is 9.79. The minimum absolute atomic E-state index is 0.0255. The van der Waals surface area contributed by atoms with Crippen LogP contribution in [-0.2, 0) is 11.2 Å². The van der Waals surface area contributed by atoms with Crippen molar-refractivity contribution in [2.24, 2.45) is 0 Å². The summed E-state index contributed by atoms with van der Waals surface area (Å²) >= 11 is 0. The Morgan fingerprint density at radius 3 is 2.83 bits per heavy atom. The van der Waals surface area contributed by atoms with E-state index in [1.165, 1.54) is 0 Å². The van der Waals surface area contributed by atoms with Gasteiger partial charge in [-0.25, -0.2) is 4.98 Å². The summed E-state index contributed by atoms with van der Waals surface area (Å²) in [6.07, 6.45) is -4.21. The Kier molecular flexibility index (Phi) is 3.27. The van der Waals surface area contributed by atoms with E-state index in [0.29, 0.717) is 12.2 Å². The number of amides is 1. The molecule has 1 aliphatic heterocycles. The molecule has 0 aromatic carbocycles. The average Bonchev–Trinajstić information content (AvgIpc) is 2.85. The first-order valence-electron chi connectivity index (χ1n) is 5.62. The van der Waals surface area contributed by atoms with Gasteiger partial charge >= 0.3 is 6.18 Å². The van der Waals surface area contributed by atoms with Gasteiger partial charge in [-0.05, 0) is 19.8 Å². The highest BCUT2D eigenvalue weighted by Gasteiger charge is 2.47. The molecule has 18 heavy (non-hydrogen) atoms. The van der Waals surface area contributed by atoms with Gasteiger partial charge in [0.05, 0.1) is 6.42 Å². The van der Waals surface area contributed by atoms with Crippen molar-refractivity contribution in [2.75, 3.05) is 6.54 Å². The van der Waals surface area contributed by atoms with Crippen LogP contribution in [0.15, 0.2) is 0 Å². The molecule has 1 fully saturated rings. The lowest BCUT2D eigenvalue weighted by atomic mass is 10.2. The monoisotopic (exact) mass is 262 g/mol. The summed E-state index contributed by atoms with van der Waals surface area (Å²) in [6.45, 7) is 1.81. The van der Waals surface area contributed by atoms with Crippen molar-refractivity contribution in [3.05, 3.63) is 11.6 Å². The summed E-state index contributed by atoms with van der Waals surface area (Å²) in [5.74, 6) is 0.186. The Bertz CT molecular complexity index is 443. The zero-order chi connectivity index (χ0) is 13.3. The Balaban J connectivity index is 2.04. The fourth-order valence-electron chi connectivity index (χ4n) is 2.11. The van der Waals surface area contributed by atoms with Crippen LogP contribution in [-0.4, -0.2) is 44.8 Å². The van der Waals surface area contributed by atoms with E-state index in [-0.39, 0.29) is 25.2 Å². The normalized spacial score (nSPS) is 20.4. The quantitative estimate of drug-likeness (QED) is 0.871. The van der Waals surface area contributed by atoms with Gasteiger partial charge in [0, 0.05) is 6.54 Å². The summed E-state index contributed by atoms with van der Waals surface area (Å²) in [7, 11) is 0. The number of likely N-dealkylation sites (tertiary alicyclic amines) is 1. The predicted octanol–water partition coefficient (Wildman–Crippen LogP) is 1.21. The number of hydrogen-bond acceptors (Lipinski definition) is 3. The fraction of sp³-hybridized carbons (Fsp3) is 0.700. The van der Waals surface area contributed by atoms with Crippen molar-refractivity contribution >= 4 is 5.91 Å². The molecular formula is C10H13F3N4O. The second-order valence-corrected chi connectivity index (χ2v) is 4.30. The van der Waals surface area contributed by atoms with E-state index in [9.17, 15) is 18.0 Å². The lowest BCUT2D eigenvalue weighted by molar-refractivity contribution is -0.182. The third-order valence-electron chi connectivity index (χ3n) is 2.90. The number of rotatable bonds is 2. The molecule has 1 aromatic heterocycles. The number of carbonyl (C=O) groups is 1. The van der Waals surface area contributed by atoms with Gasteiger partial charge in [0.25, 0.3) is 0 Å². The van der Waals surface area contributed by atoms with Crippen molar-refractivity contribution in [1.82, 2.24) is 20.1 Å². The molecule has 1 saturated heterocycles. The molecule has 0 aliphatic carbocycles. The lowest BCUT2D eigenvalue weighted by Gasteiger charge is -2.26. The number of aromatic amines is 1. The van der Waals surface area contributed by atoms with Crippen LogP contribution in [0.5, 0.6) is 0 Å². The Hall–Kier alpha value is -1.60. The summed E-state index contributed by atoms with van der Waals surface area (Å²) in [6, 6.07) is -1.66. The van der Waals surface area contributed by atoms with Crippen molar-refractivity contribution in [3.63, 3.8) is 0 Å². The number of nitrogens with one attached hydrogen (secondary N) is 1. The molecule has 8 heteroatoms. The van der Waals surface area contributed by atoms with Crippen molar-refractivity contribution in [3.8, 4) is 0 Å². The molecule has 1 aliphatic rings. The summed E-state index contributed by atoms with van der Waals surface area (Å²) in [5.41, 5.74) is 0. The molecule has 2 rings (SSSR count). The summed E-state index contributed by atoms with van der Waals surface area (Å²) in [5, 5.41) is 6.30. The van der Waals surface area contributed by atoms with E-state index in [4.69, 9.17) is 0 Å². The molecule has 100 valence electrons. The van der Waals surface area contributed by atoms with Crippen LogP contribution in [0, 0.1) is 6.92 Å². The van der Waals surface area contributed by atoms with Crippen LogP contribution in [0.25, 0.3) is 0 Å². The minimum atomic E-state index is -4.36. The van der Waals surface area contributed by atoms with Gasteiger partial charge in [-0.1, -0.05) is 0 Å². The van der Waals surface area contributed by atoms with E-state index in [1.54, 1.807) is 6.92 Å². The van der Waals surface area contributed by atoms with E-state index >= 15 is 0 Å². The number of alkyl halides is 3. The van der Waals surface area contributed by atoms with Gasteiger partial charge in [0.1, 0.15) is 11.9 Å². The maximum absolute atomic E-state index is 12.7. The number of hydrogen-bond donors (Lipinski definition) is 1. The van der Waals surface area contributed by atoms with Crippen LogP contribution in [0.2, 0.25) is 0 Å². The van der Waals surface area contributed by atoms with E-state index in [2.05, 4.69) is 15.2 Å². The first-order valence-corrected chi connectivity index (χ1v) is 5.62. The van der Waals surface area contributed by atoms with Crippen molar-refractivity contribution in [1.29, 1.82) is 0 Å². The fourth-order valence-corrected chi connectivity index (χ4v) is 2.11. The minimum Gasteiger partial charge on any atom is -0.330 e. The standard InChI is InChI=1S/C10H13F3N4O/c1-6-14-8(16-15-6)5-9(18)17-4-2-3-7(17)10(11,12)13/h7H,2-5H2,1H3,(H,14,15,16)/t7-/m0/s1. The number of carbonyl (C=O) groups excluding carboxylic acids is 1. The summed E-state index contributed by atoms with van der Waals surface area (Å²) in [4.78, 5) is 16.6. The Labute approximate surface area is 101 Å². The van der Waals surface area contributed by atoms with Gasteiger partial charge in [0.2, 0.25) is 5.91 Å². The number of nitrogens with zero attached hydrogens (tertiary/aromatic N) is 3. The van der Waals surface area contributed by atoms with Gasteiger partial charge < -0.3 is 4.90 Å². The second kappa shape index (κ2) is 4.58. The van der Waals surface area contributed by atoms with Crippen LogP contribution in [0.1, 0.15) is 24.5 Å². The molecule has 0 saturated carbocycles. The highest BCUT2D eigenvalue weighted by atomic mass is 19.4. The molecular weight excluding hydrogens is 249 g/mol. The maximum Gasteiger partial charge on any atom is 0.408 e. The van der Waals surface area contributed by atoms with Crippen LogP contribution < -0.4 is 0 Å². The van der Waals surface area contributed by atoms with E-state index in [0.717, 1.165) is 4.90 Å². The molecule has 1 amide bonds. The van der Waals surface area contributed by atoms with Gasteiger partial charge in [-0.3, -0.25) is 9.89 Å². The molecule has 0 unspecified atom stereocenters. The SMILES string of the molecule is Cc1nc(CC(=O)N2CCC[C@H]2C(F)(F)F)n[nH]1. The van der Waals surface area contributed by atoms with E-state index < -0.39 is 18.1 Å². The molecule has 1 atom stereocenters. The lowest BCUT2D eigenvalue weighted by Crippen LogP contribution is -2.45. The second-order valence-electron chi connectivity index (χ2n) is 4.30. The third kappa shape index (κ3) is 2.62.